The highest BCUT2D eigenvalue weighted by Crippen LogP contribution is 2.41. The average Bonchev–Trinajstić information content (AvgIpc) is 3.57. The van der Waals surface area contributed by atoms with Crippen LogP contribution in [0.1, 0.15) is 34.7 Å². The highest BCUT2D eigenvalue weighted by molar-refractivity contribution is 7.07. The Morgan fingerprint density at radius 3 is 2.58 bits per heavy atom. The summed E-state index contributed by atoms with van der Waals surface area (Å²) in [5.41, 5.74) is 8.94. The smallest absolute Gasteiger partial charge is 0.271 e. The molecule has 0 bridgehead atoms. The van der Waals surface area contributed by atoms with Crippen molar-refractivity contribution in [2.45, 2.75) is 18.9 Å². The second kappa shape index (κ2) is 10.1. The summed E-state index contributed by atoms with van der Waals surface area (Å²) >= 11 is 1.39. The Morgan fingerprint density at radius 1 is 0.977 bits per heavy atom. The number of ether oxygens (including phenoxy) is 1. The Labute approximate surface area is 250 Å². The van der Waals surface area contributed by atoms with Gasteiger partial charge >= 0.3 is 0 Å². The number of halogens is 1. The van der Waals surface area contributed by atoms with Gasteiger partial charge in [0.1, 0.15) is 11.6 Å². The predicted molar refractivity (Wildman–Crippen MR) is 169 cm³/mol. The van der Waals surface area contributed by atoms with Gasteiger partial charge < -0.3 is 9.72 Å². The van der Waals surface area contributed by atoms with Crippen LogP contribution in [0.15, 0.2) is 112 Å². The lowest BCUT2D eigenvalue weighted by molar-refractivity contribution is 0.415. The molecular formula is C36H26FN3O2S. The van der Waals surface area contributed by atoms with Gasteiger partial charge in [-0.05, 0) is 71.5 Å². The van der Waals surface area contributed by atoms with Crippen LogP contribution in [0.25, 0.3) is 33.9 Å². The summed E-state index contributed by atoms with van der Waals surface area (Å²) in [5, 5.41) is 0.965. The van der Waals surface area contributed by atoms with Crippen molar-refractivity contribution in [3.8, 4) is 17.0 Å². The average molecular weight is 584 g/mol. The molecule has 0 saturated carbocycles. The lowest BCUT2D eigenvalue weighted by Gasteiger charge is -2.30. The number of nitrogens with zero attached hydrogens (tertiary/aromatic N) is 2. The van der Waals surface area contributed by atoms with Gasteiger partial charge in [-0.3, -0.25) is 9.36 Å². The first-order valence-electron chi connectivity index (χ1n) is 14.2. The number of fused-ring (bicyclic) bond motifs is 4. The minimum atomic E-state index is -0.362. The van der Waals surface area contributed by atoms with E-state index in [4.69, 9.17) is 9.73 Å². The zero-order chi connectivity index (χ0) is 29.1. The van der Waals surface area contributed by atoms with E-state index in [1.807, 2.05) is 48.5 Å². The van der Waals surface area contributed by atoms with Gasteiger partial charge in [0.25, 0.3) is 5.56 Å². The Hall–Kier alpha value is -5.01. The molecule has 0 amide bonds. The standard InChI is InChI=1S/C36H26FN3O2S/c1-42-25-16-18-30-28(19-25)29(32(38-30)22-8-3-2-4-9-22)20-31-35(41)40-34(23-11-14-24(37)15-12-23)27-17-13-21-7-5-6-10-26(21)33(27)39-36(40)43-31/h2-12,14-16,18-20,34,38H,13,17H2,1H3/b31-20+/t34-/m1/s1. The van der Waals surface area contributed by atoms with Crippen molar-refractivity contribution in [1.82, 2.24) is 9.55 Å². The Bertz CT molecular complexity index is 2260. The van der Waals surface area contributed by atoms with Gasteiger partial charge in [0.15, 0.2) is 4.80 Å². The van der Waals surface area contributed by atoms with Gasteiger partial charge in [0, 0.05) is 22.0 Å². The Balaban J connectivity index is 1.40. The van der Waals surface area contributed by atoms with E-state index in [0.29, 0.717) is 9.33 Å². The molecule has 210 valence electrons. The monoisotopic (exact) mass is 583 g/mol. The first-order chi connectivity index (χ1) is 21.1. The molecule has 1 aliphatic carbocycles. The number of hydrogen-bond acceptors (Lipinski definition) is 4. The predicted octanol–water partition coefficient (Wildman–Crippen LogP) is 6.61. The van der Waals surface area contributed by atoms with Crippen LogP contribution in [0.2, 0.25) is 0 Å². The molecule has 3 heterocycles. The summed E-state index contributed by atoms with van der Waals surface area (Å²) in [4.78, 5) is 23.7. The molecule has 0 fully saturated rings. The molecule has 5 nitrogen and oxygen atoms in total. The molecule has 8 rings (SSSR count). The molecule has 0 unspecified atom stereocenters. The van der Waals surface area contributed by atoms with E-state index in [1.54, 1.807) is 23.8 Å². The Kier molecular flexibility index (Phi) is 6.01. The van der Waals surface area contributed by atoms with Gasteiger partial charge in [0.05, 0.1) is 29.1 Å². The lowest BCUT2D eigenvalue weighted by Crippen LogP contribution is -2.38. The van der Waals surface area contributed by atoms with Crippen molar-refractivity contribution >= 4 is 34.0 Å². The number of thiazole rings is 1. The minimum Gasteiger partial charge on any atom is -0.497 e. The third-order valence-electron chi connectivity index (χ3n) is 8.44. The van der Waals surface area contributed by atoms with Crippen LogP contribution in [-0.2, 0) is 6.42 Å². The van der Waals surface area contributed by atoms with E-state index in [0.717, 1.165) is 68.7 Å². The number of aryl methyl sites for hydroxylation is 1. The SMILES string of the molecule is COc1ccc2[nH]c(-c3ccccc3)c(/C=c3/sc4n(c3=O)[C@H](c3ccc(F)cc3)C3=C(N=4)c4ccccc4CC3)c2c1. The van der Waals surface area contributed by atoms with Crippen LogP contribution < -0.4 is 19.6 Å². The molecule has 7 heteroatoms. The number of nitrogens with one attached hydrogen (secondary N) is 1. The van der Waals surface area contributed by atoms with E-state index in [-0.39, 0.29) is 17.4 Å². The number of aromatic amines is 1. The molecular weight excluding hydrogens is 557 g/mol. The van der Waals surface area contributed by atoms with E-state index in [2.05, 4.69) is 35.3 Å². The van der Waals surface area contributed by atoms with E-state index in [9.17, 15) is 9.18 Å². The van der Waals surface area contributed by atoms with Crippen molar-refractivity contribution in [1.29, 1.82) is 0 Å². The summed E-state index contributed by atoms with van der Waals surface area (Å²) in [7, 11) is 1.65. The zero-order valence-electron chi connectivity index (χ0n) is 23.3. The van der Waals surface area contributed by atoms with E-state index in [1.165, 1.54) is 29.0 Å². The minimum absolute atomic E-state index is 0.111. The van der Waals surface area contributed by atoms with Gasteiger partial charge in [-0.15, -0.1) is 0 Å². The zero-order valence-corrected chi connectivity index (χ0v) is 24.1. The van der Waals surface area contributed by atoms with Crippen LogP contribution in [0.5, 0.6) is 5.75 Å². The summed E-state index contributed by atoms with van der Waals surface area (Å²) in [6, 6.07) is 30.5. The maximum absolute atomic E-state index is 14.4. The second-order valence-electron chi connectivity index (χ2n) is 10.9. The molecule has 4 aromatic carbocycles. The van der Waals surface area contributed by atoms with Crippen LogP contribution in [-0.4, -0.2) is 16.7 Å². The molecule has 1 N–H and O–H groups in total. The summed E-state index contributed by atoms with van der Waals surface area (Å²) < 4.78 is 22.0. The van der Waals surface area contributed by atoms with Crippen LogP contribution >= 0.6 is 11.3 Å². The molecule has 1 aliphatic heterocycles. The van der Waals surface area contributed by atoms with Crippen molar-refractivity contribution < 1.29 is 9.13 Å². The van der Waals surface area contributed by atoms with Crippen molar-refractivity contribution in [2.75, 3.05) is 7.11 Å². The molecule has 0 spiro atoms. The van der Waals surface area contributed by atoms with Crippen molar-refractivity contribution in [3.63, 3.8) is 0 Å². The molecule has 6 aromatic rings. The van der Waals surface area contributed by atoms with E-state index >= 15 is 0 Å². The normalized spacial score (nSPS) is 16.0. The number of H-pyrrole nitrogens is 1. The van der Waals surface area contributed by atoms with Gasteiger partial charge in [0.2, 0.25) is 0 Å². The largest absolute Gasteiger partial charge is 0.497 e. The van der Waals surface area contributed by atoms with Gasteiger partial charge in [-0.25, -0.2) is 9.38 Å². The van der Waals surface area contributed by atoms with Crippen LogP contribution in [0, 0.1) is 5.82 Å². The van der Waals surface area contributed by atoms with Crippen LogP contribution in [0.4, 0.5) is 4.39 Å². The third-order valence-corrected chi connectivity index (χ3v) is 9.43. The first kappa shape index (κ1) is 25.7. The topological polar surface area (TPSA) is 59.4 Å². The molecule has 2 aliphatic rings. The van der Waals surface area contributed by atoms with Gasteiger partial charge in [-0.1, -0.05) is 78.1 Å². The summed E-state index contributed by atoms with van der Waals surface area (Å²) in [6.45, 7) is 0. The number of methoxy groups -OCH3 is 1. The van der Waals surface area contributed by atoms with Gasteiger partial charge in [-0.2, -0.15) is 0 Å². The number of aromatic nitrogens is 2. The van der Waals surface area contributed by atoms with Crippen LogP contribution in [0.3, 0.4) is 0 Å². The fourth-order valence-electron chi connectivity index (χ4n) is 6.40. The highest BCUT2D eigenvalue weighted by Gasteiger charge is 2.32. The highest BCUT2D eigenvalue weighted by atomic mass is 32.1. The number of hydrogen-bond donors (Lipinski definition) is 1. The lowest BCUT2D eigenvalue weighted by atomic mass is 9.83. The molecule has 2 aromatic heterocycles. The first-order valence-corrected chi connectivity index (χ1v) is 15.0. The fourth-order valence-corrected chi connectivity index (χ4v) is 7.38. The van der Waals surface area contributed by atoms with Crippen molar-refractivity contribution in [2.24, 2.45) is 4.99 Å². The number of allylic oxidation sites excluding steroid dienone is 1. The molecule has 0 radical (unpaired) electrons. The molecule has 43 heavy (non-hydrogen) atoms. The Morgan fingerprint density at radius 2 is 1.77 bits per heavy atom. The third kappa shape index (κ3) is 4.19. The van der Waals surface area contributed by atoms with E-state index < -0.39 is 0 Å². The quantitative estimate of drug-likeness (QED) is 0.254. The maximum atomic E-state index is 14.4. The maximum Gasteiger partial charge on any atom is 0.271 e. The summed E-state index contributed by atoms with van der Waals surface area (Å²) in [5.74, 6) is 0.437. The second-order valence-corrected chi connectivity index (χ2v) is 11.9. The van der Waals surface area contributed by atoms with Crippen molar-refractivity contribution in [3.05, 3.63) is 150 Å². The fraction of sp³-hybridized carbons (Fsp3) is 0.111. The molecule has 1 atom stereocenters. The number of rotatable bonds is 4. The molecule has 0 saturated heterocycles. The number of benzene rings is 4. The summed E-state index contributed by atoms with van der Waals surface area (Å²) in [6.07, 6.45) is 3.62.